The fourth-order valence-corrected chi connectivity index (χ4v) is 5.87. The van der Waals surface area contributed by atoms with E-state index in [0.717, 1.165) is 51.6 Å². The van der Waals surface area contributed by atoms with Crippen molar-refractivity contribution in [3.8, 4) is 0 Å². The number of likely N-dealkylation sites (tertiary alicyclic amines) is 1. The molecule has 1 aromatic heterocycles. The fraction of sp³-hybridized carbons (Fsp3) is 0.864. The lowest BCUT2D eigenvalue weighted by Crippen LogP contribution is -2.39. The minimum absolute atomic E-state index is 0.239. The first-order chi connectivity index (χ1) is 14.4. The van der Waals surface area contributed by atoms with E-state index in [1.165, 1.54) is 51.2 Å². The van der Waals surface area contributed by atoms with Gasteiger partial charge in [0.05, 0.1) is 18.5 Å². The van der Waals surface area contributed by atoms with Crippen LogP contribution in [0.4, 0.5) is 0 Å². The Balaban J connectivity index is 1.59. The minimum Gasteiger partial charge on any atom is -0.383 e. The molecule has 3 rings (SSSR count). The zero-order chi connectivity index (χ0) is 21.6. The van der Waals surface area contributed by atoms with Crippen LogP contribution in [0.3, 0.4) is 0 Å². The third kappa shape index (κ3) is 6.77. The van der Waals surface area contributed by atoms with Gasteiger partial charge >= 0.3 is 0 Å². The molecule has 1 aliphatic heterocycles. The van der Waals surface area contributed by atoms with Crippen LogP contribution in [0.25, 0.3) is 0 Å². The monoisotopic (exact) mass is 440 g/mol. The zero-order valence-electron chi connectivity index (χ0n) is 19.1. The highest BCUT2D eigenvalue weighted by Gasteiger charge is 2.24. The van der Waals surface area contributed by atoms with Gasteiger partial charge in [-0.15, -0.1) is 0 Å². The summed E-state index contributed by atoms with van der Waals surface area (Å²) < 4.78 is 31.8. The van der Waals surface area contributed by atoms with Crippen molar-refractivity contribution in [3.05, 3.63) is 11.9 Å². The number of rotatable bonds is 10. The summed E-state index contributed by atoms with van der Waals surface area (Å²) in [5.74, 6) is 1.26. The Morgan fingerprint density at radius 1 is 1.13 bits per heavy atom. The van der Waals surface area contributed by atoms with Gasteiger partial charge in [-0.3, -0.25) is 0 Å². The third-order valence-corrected chi connectivity index (χ3v) is 7.71. The predicted molar refractivity (Wildman–Crippen MR) is 119 cm³/mol. The van der Waals surface area contributed by atoms with Gasteiger partial charge in [0.15, 0.2) is 0 Å². The standard InChI is InChI=1S/C22H40N4O3S/c1-24(16-20-9-11-25(12-10-20)13-14-29-2)18-21-15-23-22(30(3,27)28)26(21)17-19-7-5-4-6-8-19/h15,19-20H,4-14,16-18H2,1-3H3. The lowest BCUT2D eigenvalue weighted by atomic mass is 9.89. The van der Waals surface area contributed by atoms with Gasteiger partial charge in [-0.1, -0.05) is 19.3 Å². The minimum atomic E-state index is -3.32. The molecule has 0 atom stereocenters. The maximum Gasteiger partial charge on any atom is 0.227 e. The van der Waals surface area contributed by atoms with Crippen molar-refractivity contribution in [3.63, 3.8) is 0 Å². The molecular weight excluding hydrogens is 400 g/mol. The topological polar surface area (TPSA) is 67.7 Å². The molecule has 0 spiro atoms. The molecule has 2 heterocycles. The van der Waals surface area contributed by atoms with E-state index < -0.39 is 9.84 Å². The SMILES string of the molecule is COCCN1CCC(CN(C)Cc2cnc(S(C)(=O)=O)n2CC2CCCCC2)CC1. The highest BCUT2D eigenvalue weighted by atomic mass is 32.2. The molecule has 1 aromatic rings. The number of nitrogens with zero attached hydrogens (tertiary/aromatic N) is 4. The molecule has 0 aromatic carbocycles. The normalized spacial score (nSPS) is 20.3. The Bertz CT molecular complexity index is 750. The molecule has 1 aliphatic carbocycles. The van der Waals surface area contributed by atoms with Gasteiger partial charge in [0, 0.05) is 39.5 Å². The summed E-state index contributed by atoms with van der Waals surface area (Å²) in [4.78, 5) is 9.15. The third-order valence-electron chi connectivity index (χ3n) is 6.72. The van der Waals surface area contributed by atoms with Crippen molar-refractivity contribution in [2.75, 3.05) is 53.2 Å². The average Bonchev–Trinajstić information content (AvgIpc) is 3.10. The largest absolute Gasteiger partial charge is 0.383 e. The summed E-state index contributed by atoms with van der Waals surface area (Å²) in [7, 11) is 0.585. The van der Waals surface area contributed by atoms with Crippen LogP contribution in [0.5, 0.6) is 0 Å². The van der Waals surface area contributed by atoms with Crippen molar-refractivity contribution in [1.82, 2.24) is 19.4 Å². The molecule has 0 radical (unpaired) electrons. The Kier molecular flexibility index (Phi) is 8.74. The van der Waals surface area contributed by atoms with Crippen molar-refractivity contribution >= 4 is 9.84 Å². The first kappa shape index (κ1) is 23.7. The second-order valence-electron chi connectivity index (χ2n) is 9.39. The van der Waals surface area contributed by atoms with E-state index in [1.807, 2.05) is 4.57 Å². The maximum absolute atomic E-state index is 12.3. The molecule has 2 fully saturated rings. The van der Waals surface area contributed by atoms with Gasteiger partial charge in [0.25, 0.3) is 0 Å². The number of hydrogen-bond donors (Lipinski definition) is 0. The molecule has 7 nitrogen and oxygen atoms in total. The van der Waals surface area contributed by atoms with E-state index >= 15 is 0 Å². The van der Waals surface area contributed by atoms with Crippen LogP contribution >= 0.6 is 0 Å². The predicted octanol–water partition coefficient (Wildman–Crippen LogP) is 2.66. The van der Waals surface area contributed by atoms with E-state index in [1.54, 1.807) is 13.3 Å². The van der Waals surface area contributed by atoms with E-state index in [9.17, 15) is 8.42 Å². The van der Waals surface area contributed by atoms with Crippen LogP contribution in [0, 0.1) is 11.8 Å². The van der Waals surface area contributed by atoms with Crippen LogP contribution in [-0.4, -0.2) is 81.0 Å². The molecule has 0 N–H and O–H groups in total. The first-order valence-electron chi connectivity index (χ1n) is 11.5. The van der Waals surface area contributed by atoms with E-state index in [0.29, 0.717) is 11.8 Å². The maximum atomic E-state index is 12.3. The number of ether oxygens (including phenoxy) is 1. The van der Waals surface area contributed by atoms with Crippen molar-refractivity contribution in [2.24, 2.45) is 11.8 Å². The lowest BCUT2D eigenvalue weighted by Gasteiger charge is -2.33. The van der Waals surface area contributed by atoms with Gasteiger partial charge < -0.3 is 19.1 Å². The number of hydrogen-bond acceptors (Lipinski definition) is 6. The van der Waals surface area contributed by atoms with E-state index in [-0.39, 0.29) is 5.16 Å². The van der Waals surface area contributed by atoms with Crippen molar-refractivity contribution in [2.45, 2.75) is 63.2 Å². The Hall–Kier alpha value is -0.960. The van der Waals surface area contributed by atoms with E-state index in [2.05, 4.69) is 21.8 Å². The molecule has 30 heavy (non-hydrogen) atoms. The zero-order valence-corrected chi connectivity index (χ0v) is 19.9. The number of aromatic nitrogens is 2. The molecule has 0 unspecified atom stereocenters. The smallest absolute Gasteiger partial charge is 0.227 e. The Labute approximate surface area is 182 Å². The van der Waals surface area contributed by atoms with Gasteiger partial charge in [-0.25, -0.2) is 13.4 Å². The van der Waals surface area contributed by atoms with E-state index in [4.69, 9.17) is 4.74 Å². The highest BCUT2D eigenvalue weighted by Crippen LogP contribution is 2.27. The quantitative estimate of drug-likeness (QED) is 0.557. The number of sulfone groups is 1. The second kappa shape index (κ2) is 11.1. The van der Waals surface area contributed by atoms with Crippen LogP contribution < -0.4 is 0 Å². The number of methoxy groups -OCH3 is 1. The van der Waals surface area contributed by atoms with Crippen LogP contribution in [0.2, 0.25) is 0 Å². The average molecular weight is 441 g/mol. The van der Waals surface area contributed by atoms with Crippen LogP contribution in [0.15, 0.2) is 11.4 Å². The molecular formula is C22H40N4O3S. The van der Waals surface area contributed by atoms with Crippen LogP contribution in [-0.2, 0) is 27.7 Å². The molecule has 2 aliphatic rings. The van der Waals surface area contributed by atoms with Crippen molar-refractivity contribution < 1.29 is 13.2 Å². The Morgan fingerprint density at radius 2 is 1.83 bits per heavy atom. The lowest BCUT2D eigenvalue weighted by molar-refractivity contribution is 0.109. The van der Waals surface area contributed by atoms with Crippen LogP contribution in [0.1, 0.15) is 50.6 Å². The molecule has 8 heteroatoms. The fourth-order valence-electron chi connectivity index (χ4n) is 5.03. The number of imidazole rings is 1. The molecule has 172 valence electrons. The summed E-state index contributed by atoms with van der Waals surface area (Å²) in [5, 5.41) is 0.239. The van der Waals surface area contributed by atoms with Crippen molar-refractivity contribution in [1.29, 1.82) is 0 Å². The molecule has 1 saturated carbocycles. The summed E-state index contributed by atoms with van der Waals surface area (Å²) in [5.41, 5.74) is 1.03. The summed E-state index contributed by atoms with van der Waals surface area (Å²) in [6, 6.07) is 0. The van der Waals surface area contributed by atoms with Gasteiger partial charge in [-0.05, 0) is 57.7 Å². The summed E-state index contributed by atoms with van der Waals surface area (Å²) in [6.45, 7) is 6.68. The molecule has 0 bridgehead atoms. The summed E-state index contributed by atoms with van der Waals surface area (Å²) >= 11 is 0. The Morgan fingerprint density at radius 3 is 2.47 bits per heavy atom. The highest BCUT2D eigenvalue weighted by molar-refractivity contribution is 7.90. The van der Waals surface area contributed by atoms with Gasteiger partial charge in [0.1, 0.15) is 0 Å². The van der Waals surface area contributed by atoms with Gasteiger partial charge in [0.2, 0.25) is 15.0 Å². The summed E-state index contributed by atoms with van der Waals surface area (Å²) in [6.07, 6.45) is 11.7. The number of piperidine rings is 1. The second-order valence-corrected chi connectivity index (χ2v) is 11.3. The molecule has 0 amide bonds. The molecule has 1 saturated heterocycles. The first-order valence-corrected chi connectivity index (χ1v) is 13.4. The van der Waals surface area contributed by atoms with Gasteiger partial charge in [-0.2, -0.15) is 0 Å².